The highest BCUT2D eigenvalue weighted by atomic mass is 15.3. The van der Waals surface area contributed by atoms with Crippen molar-refractivity contribution in [3.63, 3.8) is 0 Å². The second kappa shape index (κ2) is 5.72. The zero-order valence-corrected chi connectivity index (χ0v) is 10.3. The number of nitrogens with zero attached hydrogens (tertiary/aromatic N) is 2. The van der Waals surface area contributed by atoms with Crippen LogP contribution in [0, 0.1) is 0 Å². The predicted octanol–water partition coefficient (Wildman–Crippen LogP) is 1.96. The third-order valence-corrected chi connectivity index (χ3v) is 3.36. The first-order chi connectivity index (χ1) is 6.60. The molecule has 0 N–H and O–H groups in total. The molecule has 14 heavy (non-hydrogen) atoms. The molecule has 0 aliphatic carbocycles. The summed E-state index contributed by atoms with van der Waals surface area (Å²) in [5, 5.41) is 0. The van der Waals surface area contributed by atoms with Crippen molar-refractivity contribution in [2.45, 2.75) is 32.1 Å². The van der Waals surface area contributed by atoms with Gasteiger partial charge in [0.05, 0.1) is 27.2 Å². The molecule has 0 aromatic rings. The third kappa shape index (κ3) is 4.97. The van der Waals surface area contributed by atoms with Crippen LogP contribution in [0.5, 0.6) is 0 Å². The van der Waals surface area contributed by atoms with Crippen molar-refractivity contribution >= 4 is 0 Å². The maximum absolute atomic E-state index is 2.49. The van der Waals surface area contributed by atoms with Crippen molar-refractivity contribution in [2.75, 3.05) is 47.3 Å². The molecule has 1 saturated heterocycles. The lowest BCUT2D eigenvalue weighted by Gasteiger charge is -2.29. The van der Waals surface area contributed by atoms with Crippen LogP contribution in [0.15, 0.2) is 0 Å². The Balaban J connectivity index is 2.34. The number of rotatable bonds is 0. The molecule has 84 valence electrons. The van der Waals surface area contributed by atoms with Gasteiger partial charge in [-0.25, -0.2) is 0 Å². The van der Waals surface area contributed by atoms with Crippen molar-refractivity contribution in [3.05, 3.63) is 0 Å². The topological polar surface area (TPSA) is 3.24 Å². The van der Waals surface area contributed by atoms with Crippen LogP contribution in [0.1, 0.15) is 32.1 Å². The Morgan fingerprint density at radius 3 is 1.93 bits per heavy atom. The summed E-state index contributed by atoms with van der Waals surface area (Å²) < 4.78 is 1.23. The smallest absolute Gasteiger partial charge is 0.0782 e. The maximum Gasteiger partial charge on any atom is 0.0782 e. The Kier molecular flexibility index (Phi) is 4.90. The highest BCUT2D eigenvalue weighted by molar-refractivity contribution is 4.55. The van der Waals surface area contributed by atoms with E-state index in [1.807, 2.05) is 0 Å². The van der Waals surface area contributed by atoms with E-state index in [0.717, 1.165) is 0 Å². The average Bonchev–Trinajstić information content (AvgIpc) is 2.13. The molecule has 0 aromatic carbocycles. The van der Waals surface area contributed by atoms with Crippen LogP contribution in [0.25, 0.3) is 0 Å². The highest BCUT2D eigenvalue weighted by Gasteiger charge is 2.14. The lowest BCUT2D eigenvalue weighted by atomic mass is 10.2. The molecule has 1 aliphatic rings. The molecule has 0 bridgehead atoms. The first-order valence-corrected chi connectivity index (χ1v) is 6.11. The Morgan fingerprint density at radius 2 is 1.29 bits per heavy atom. The second-order valence-corrected chi connectivity index (χ2v) is 5.45. The van der Waals surface area contributed by atoms with Gasteiger partial charge in [0.1, 0.15) is 0 Å². The molecule has 1 heterocycles. The lowest BCUT2D eigenvalue weighted by molar-refractivity contribution is -0.890. The third-order valence-electron chi connectivity index (χ3n) is 3.36. The van der Waals surface area contributed by atoms with Gasteiger partial charge in [-0.3, -0.25) is 0 Å². The zero-order chi connectivity index (χ0) is 10.4. The molecule has 2 nitrogen and oxygen atoms in total. The highest BCUT2D eigenvalue weighted by Crippen LogP contribution is 2.09. The summed E-state index contributed by atoms with van der Waals surface area (Å²) in [6.45, 7) is 5.31. The van der Waals surface area contributed by atoms with E-state index in [1.165, 1.54) is 62.8 Å². The van der Waals surface area contributed by atoms with Gasteiger partial charge in [-0.15, -0.1) is 0 Å². The Bertz CT molecular complexity index is 154. The van der Waals surface area contributed by atoms with E-state index in [9.17, 15) is 0 Å². The van der Waals surface area contributed by atoms with Gasteiger partial charge in [0.25, 0.3) is 0 Å². The van der Waals surface area contributed by atoms with Gasteiger partial charge in [0, 0.05) is 0 Å². The Morgan fingerprint density at radius 1 is 0.786 bits per heavy atom. The molecule has 0 amide bonds. The predicted molar refractivity (Wildman–Crippen MR) is 62.4 cm³/mol. The summed E-state index contributed by atoms with van der Waals surface area (Å²) in [5.74, 6) is 0. The van der Waals surface area contributed by atoms with Crippen LogP contribution in [0.4, 0.5) is 0 Å². The van der Waals surface area contributed by atoms with E-state index in [1.54, 1.807) is 0 Å². The minimum Gasteiger partial charge on any atom is -0.328 e. The minimum absolute atomic E-state index is 1.23. The molecule has 1 fully saturated rings. The normalized spacial score (nSPS) is 26.8. The second-order valence-electron chi connectivity index (χ2n) is 5.45. The fourth-order valence-corrected chi connectivity index (χ4v) is 2.24. The molecular weight excluding hydrogens is 172 g/mol. The van der Waals surface area contributed by atoms with E-state index in [2.05, 4.69) is 26.0 Å². The van der Waals surface area contributed by atoms with Crippen molar-refractivity contribution < 1.29 is 4.48 Å². The summed E-state index contributed by atoms with van der Waals surface area (Å²) in [6, 6.07) is 0. The first-order valence-electron chi connectivity index (χ1n) is 6.11. The fraction of sp³-hybridized carbons (Fsp3) is 1.00. The molecule has 0 spiro atoms. The standard InChI is InChI=1S/C12H27N2/c1-13-9-5-4-7-11-14(2,3)12-8-6-10-13/h4-12H2,1-3H3/q+1. The molecule has 1 rings (SSSR count). The molecule has 0 atom stereocenters. The average molecular weight is 199 g/mol. The summed E-state index contributed by atoms with van der Waals surface area (Å²) in [5.41, 5.74) is 0. The zero-order valence-electron chi connectivity index (χ0n) is 10.3. The molecular formula is C12H27N2+. The van der Waals surface area contributed by atoms with E-state index in [-0.39, 0.29) is 0 Å². The van der Waals surface area contributed by atoms with E-state index >= 15 is 0 Å². The number of hydrogen-bond donors (Lipinski definition) is 0. The van der Waals surface area contributed by atoms with Crippen LogP contribution in [-0.2, 0) is 0 Å². The van der Waals surface area contributed by atoms with Crippen molar-refractivity contribution in [2.24, 2.45) is 0 Å². The van der Waals surface area contributed by atoms with Crippen molar-refractivity contribution in [1.82, 2.24) is 4.90 Å². The summed E-state index contributed by atoms with van der Waals surface area (Å²) in [6.07, 6.45) is 6.96. The van der Waals surface area contributed by atoms with Crippen LogP contribution in [-0.4, -0.2) is 56.7 Å². The van der Waals surface area contributed by atoms with Gasteiger partial charge in [0.2, 0.25) is 0 Å². The number of hydrogen-bond acceptors (Lipinski definition) is 1. The Hall–Kier alpha value is -0.0800. The number of quaternary nitrogens is 1. The van der Waals surface area contributed by atoms with E-state index in [0.29, 0.717) is 0 Å². The van der Waals surface area contributed by atoms with Gasteiger partial charge in [-0.2, -0.15) is 0 Å². The van der Waals surface area contributed by atoms with Crippen molar-refractivity contribution in [1.29, 1.82) is 0 Å². The lowest BCUT2D eigenvalue weighted by Crippen LogP contribution is -2.41. The van der Waals surface area contributed by atoms with Crippen LogP contribution in [0.3, 0.4) is 0 Å². The summed E-state index contributed by atoms with van der Waals surface area (Å²) in [4.78, 5) is 2.49. The SMILES string of the molecule is CN1CCCCC[N+](C)(C)CCCC1. The summed E-state index contributed by atoms with van der Waals surface area (Å²) in [7, 11) is 7.01. The monoisotopic (exact) mass is 199 g/mol. The van der Waals surface area contributed by atoms with Crippen LogP contribution < -0.4 is 0 Å². The molecule has 2 heteroatoms. The molecule has 0 saturated carbocycles. The Labute approximate surface area is 89.5 Å². The van der Waals surface area contributed by atoms with Crippen LogP contribution >= 0.6 is 0 Å². The van der Waals surface area contributed by atoms with E-state index in [4.69, 9.17) is 0 Å². The fourth-order valence-electron chi connectivity index (χ4n) is 2.24. The molecule has 0 radical (unpaired) electrons. The minimum atomic E-state index is 1.23. The van der Waals surface area contributed by atoms with Gasteiger partial charge in [-0.05, 0) is 52.2 Å². The molecule has 0 unspecified atom stereocenters. The van der Waals surface area contributed by atoms with Gasteiger partial charge < -0.3 is 9.38 Å². The van der Waals surface area contributed by atoms with Crippen molar-refractivity contribution in [3.8, 4) is 0 Å². The maximum atomic E-state index is 2.49. The van der Waals surface area contributed by atoms with E-state index < -0.39 is 0 Å². The first kappa shape index (κ1) is 12.0. The van der Waals surface area contributed by atoms with Gasteiger partial charge in [-0.1, -0.05) is 0 Å². The molecule has 1 aliphatic heterocycles. The van der Waals surface area contributed by atoms with Gasteiger partial charge in [0.15, 0.2) is 0 Å². The van der Waals surface area contributed by atoms with Crippen LogP contribution in [0.2, 0.25) is 0 Å². The quantitative estimate of drug-likeness (QED) is 0.539. The molecule has 0 aromatic heterocycles. The largest absolute Gasteiger partial charge is 0.328 e. The summed E-state index contributed by atoms with van der Waals surface area (Å²) >= 11 is 0. The van der Waals surface area contributed by atoms with Gasteiger partial charge >= 0.3 is 0 Å².